The summed E-state index contributed by atoms with van der Waals surface area (Å²) in [5, 5.41) is 15.2. The Bertz CT molecular complexity index is 1080. The summed E-state index contributed by atoms with van der Waals surface area (Å²) in [6.45, 7) is 1.62. The molecule has 1 atom stereocenters. The van der Waals surface area contributed by atoms with Gasteiger partial charge < -0.3 is 13.6 Å². The second-order valence-corrected chi connectivity index (χ2v) is 5.82. The van der Waals surface area contributed by atoms with E-state index in [0.29, 0.717) is 22.6 Å². The minimum atomic E-state index is -0.759. The zero-order valence-corrected chi connectivity index (χ0v) is 14.6. The summed E-state index contributed by atoms with van der Waals surface area (Å²) in [4.78, 5) is 12.3. The van der Waals surface area contributed by atoms with Crippen LogP contribution in [0.2, 0.25) is 0 Å². The predicted molar refractivity (Wildman–Crippen MR) is 93.3 cm³/mol. The molecule has 0 bridgehead atoms. The number of carbonyl (C=O) groups is 1. The maximum absolute atomic E-state index is 13.0. The van der Waals surface area contributed by atoms with E-state index in [-0.39, 0.29) is 17.6 Å². The van der Waals surface area contributed by atoms with Crippen LogP contribution in [-0.2, 0) is 4.74 Å². The largest absolute Gasteiger partial charge is 0.449 e. The van der Waals surface area contributed by atoms with Crippen LogP contribution in [-0.4, -0.2) is 26.4 Å². The Labute approximate surface area is 158 Å². The molecule has 0 unspecified atom stereocenters. The molecular weight excluding hydrogens is 367 g/mol. The first-order chi connectivity index (χ1) is 13.6. The second kappa shape index (κ2) is 7.39. The zero-order valence-electron chi connectivity index (χ0n) is 14.6. The number of esters is 1. The smallest absolute Gasteiger partial charge is 0.338 e. The lowest BCUT2D eigenvalue weighted by atomic mass is 10.1. The molecule has 140 valence electrons. The van der Waals surface area contributed by atoms with Crippen molar-refractivity contribution in [3.63, 3.8) is 0 Å². The third-order valence-corrected chi connectivity index (χ3v) is 3.89. The summed E-state index contributed by atoms with van der Waals surface area (Å²) >= 11 is 0. The van der Waals surface area contributed by atoms with Gasteiger partial charge in [-0.3, -0.25) is 0 Å². The van der Waals surface area contributed by atoms with Crippen LogP contribution in [0.15, 0.2) is 63.8 Å². The minimum absolute atomic E-state index is 0.134. The Balaban J connectivity index is 1.44. The van der Waals surface area contributed by atoms with Gasteiger partial charge in [0.15, 0.2) is 6.10 Å². The fourth-order valence-electron chi connectivity index (χ4n) is 2.43. The van der Waals surface area contributed by atoms with Gasteiger partial charge in [0.05, 0.1) is 5.56 Å². The summed E-state index contributed by atoms with van der Waals surface area (Å²) < 4.78 is 29.0. The second-order valence-electron chi connectivity index (χ2n) is 5.82. The van der Waals surface area contributed by atoms with E-state index >= 15 is 0 Å². The van der Waals surface area contributed by atoms with Gasteiger partial charge in [0, 0.05) is 11.1 Å². The van der Waals surface area contributed by atoms with Crippen molar-refractivity contribution >= 4 is 5.97 Å². The molecule has 4 aromatic rings. The van der Waals surface area contributed by atoms with Crippen LogP contribution in [0.3, 0.4) is 0 Å². The minimum Gasteiger partial charge on any atom is -0.449 e. The monoisotopic (exact) mass is 380 g/mol. The molecule has 2 aromatic carbocycles. The van der Waals surface area contributed by atoms with Gasteiger partial charge in [0.25, 0.3) is 5.89 Å². The lowest BCUT2D eigenvalue weighted by Gasteiger charge is -2.09. The van der Waals surface area contributed by atoms with Crippen molar-refractivity contribution in [2.75, 3.05) is 0 Å². The molecule has 8 nitrogen and oxygen atoms in total. The summed E-state index contributed by atoms with van der Waals surface area (Å²) in [7, 11) is 0. The Morgan fingerprint density at radius 3 is 2.32 bits per heavy atom. The highest BCUT2D eigenvalue weighted by Crippen LogP contribution is 2.24. The highest BCUT2D eigenvalue weighted by atomic mass is 19.1. The molecule has 0 fully saturated rings. The number of nitrogens with zero attached hydrogens (tertiary/aromatic N) is 4. The Morgan fingerprint density at radius 1 is 0.964 bits per heavy atom. The van der Waals surface area contributed by atoms with Gasteiger partial charge in [-0.2, -0.15) is 0 Å². The highest BCUT2D eigenvalue weighted by Gasteiger charge is 2.20. The Morgan fingerprint density at radius 2 is 1.64 bits per heavy atom. The molecule has 9 heteroatoms. The average Bonchev–Trinajstić information content (AvgIpc) is 3.41. The lowest BCUT2D eigenvalue weighted by Crippen LogP contribution is -2.09. The van der Waals surface area contributed by atoms with E-state index in [1.807, 2.05) is 0 Å². The van der Waals surface area contributed by atoms with E-state index < -0.39 is 12.1 Å². The summed E-state index contributed by atoms with van der Waals surface area (Å²) in [6.07, 6.45) is 0.467. The van der Waals surface area contributed by atoms with Crippen molar-refractivity contribution in [2.24, 2.45) is 0 Å². The van der Waals surface area contributed by atoms with Crippen molar-refractivity contribution in [2.45, 2.75) is 13.0 Å². The number of benzene rings is 2. The van der Waals surface area contributed by atoms with E-state index in [2.05, 4.69) is 20.4 Å². The number of aromatic nitrogens is 4. The molecule has 0 amide bonds. The molecule has 2 aromatic heterocycles. The van der Waals surface area contributed by atoms with Gasteiger partial charge in [-0.05, 0) is 55.5 Å². The molecular formula is C19H13FN4O4. The maximum Gasteiger partial charge on any atom is 0.338 e. The Hall–Kier alpha value is -3.88. The van der Waals surface area contributed by atoms with Crippen molar-refractivity contribution < 1.29 is 22.8 Å². The molecule has 0 saturated carbocycles. The number of halogens is 1. The van der Waals surface area contributed by atoms with E-state index in [1.54, 1.807) is 31.2 Å². The van der Waals surface area contributed by atoms with Gasteiger partial charge in [0.1, 0.15) is 5.82 Å². The molecule has 0 spiro atoms. The van der Waals surface area contributed by atoms with Crippen LogP contribution in [0.25, 0.3) is 22.9 Å². The summed E-state index contributed by atoms with van der Waals surface area (Å²) in [5.74, 6) is -0.216. The van der Waals surface area contributed by atoms with Gasteiger partial charge >= 0.3 is 5.97 Å². The molecule has 0 aliphatic rings. The summed E-state index contributed by atoms with van der Waals surface area (Å²) in [6, 6.07) is 12.2. The van der Waals surface area contributed by atoms with Gasteiger partial charge in [-0.15, -0.1) is 20.4 Å². The molecule has 0 aliphatic heterocycles. The van der Waals surface area contributed by atoms with Crippen LogP contribution in [0, 0.1) is 5.82 Å². The highest BCUT2D eigenvalue weighted by molar-refractivity contribution is 5.90. The van der Waals surface area contributed by atoms with E-state index in [9.17, 15) is 9.18 Å². The zero-order chi connectivity index (χ0) is 19.5. The summed E-state index contributed by atoms with van der Waals surface area (Å²) in [5.41, 5.74) is 1.59. The van der Waals surface area contributed by atoms with E-state index in [1.165, 1.54) is 30.7 Å². The molecule has 0 saturated heterocycles. The topological polar surface area (TPSA) is 104 Å². The first-order valence-corrected chi connectivity index (χ1v) is 8.27. The van der Waals surface area contributed by atoms with Crippen molar-refractivity contribution in [1.29, 1.82) is 0 Å². The predicted octanol–water partition coefficient (Wildman–Crippen LogP) is 3.84. The fraction of sp³-hybridized carbons (Fsp3) is 0.105. The number of hydrogen-bond donors (Lipinski definition) is 0. The lowest BCUT2D eigenvalue weighted by molar-refractivity contribution is 0.0280. The van der Waals surface area contributed by atoms with Crippen molar-refractivity contribution in [3.8, 4) is 22.9 Å². The van der Waals surface area contributed by atoms with Gasteiger partial charge in [-0.1, -0.05) is 0 Å². The first-order valence-electron chi connectivity index (χ1n) is 8.27. The first kappa shape index (κ1) is 17.5. The van der Waals surface area contributed by atoms with Gasteiger partial charge in [-0.25, -0.2) is 9.18 Å². The molecule has 4 rings (SSSR count). The number of carbonyl (C=O) groups excluding carboxylic acids is 1. The van der Waals surface area contributed by atoms with Crippen LogP contribution in [0.5, 0.6) is 0 Å². The molecule has 0 aliphatic carbocycles. The van der Waals surface area contributed by atoms with Crippen LogP contribution >= 0.6 is 0 Å². The number of rotatable bonds is 5. The third kappa shape index (κ3) is 3.63. The number of ether oxygens (including phenoxy) is 1. The van der Waals surface area contributed by atoms with Gasteiger partial charge in [0.2, 0.25) is 18.2 Å². The standard InChI is InChI=1S/C19H13FN4O4/c1-11(16-23-24-18(28-16)13-6-8-15(20)9-7-13)27-19(25)14-4-2-12(3-5-14)17-22-21-10-26-17/h2-11H,1H3/t11-/m1/s1. The third-order valence-electron chi connectivity index (χ3n) is 3.89. The van der Waals surface area contributed by atoms with E-state index in [4.69, 9.17) is 13.6 Å². The average molecular weight is 380 g/mol. The van der Waals surface area contributed by atoms with E-state index in [0.717, 1.165) is 0 Å². The Kier molecular flexibility index (Phi) is 4.63. The fourth-order valence-corrected chi connectivity index (χ4v) is 2.43. The molecule has 28 heavy (non-hydrogen) atoms. The molecule has 0 N–H and O–H groups in total. The number of hydrogen-bond acceptors (Lipinski definition) is 8. The molecule has 0 radical (unpaired) electrons. The quantitative estimate of drug-likeness (QED) is 0.481. The normalized spacial score (nSPS) is 11.9. The SMILES string of the molecule is C[C@@H](OC(=O)c1ccc(-c2nnco2)cc1)c1nnc(-c2ccc(F)cc2)o1. The molecule has 2 heterocycles. The maximum atomic E-state index is 13.0. The van der Waals surface area contributed by atoms with Crippen LogP contribution < -0.4 is 0 Å². The van der Waals surface area contributed by atoms with Crippen molar-refractivity contribution in [3.05, 3.63) is 72.2 Å². The van der Waals surface area contributed by atoms with Crippen molar-refractivity contribution in [1.82, 2.24) is 20.4 Å². The van der Waals surface area contributed by atoms with Crippen LogP contribution in [0.1, 0.15) is 29.3 Å². The van der Waals surface area contributed by atoms with Crippen LogP contribution in [0.4, 0.5) is 4.39 Å².